The summed E-state index contributed by atoms with van der Waals surface area (Å²) in [4.78, 5) is 36.2. The van der Waals surface area contributed by atoms with Gasteiger partial charge >= 0.3 is 5.97 Å². The molecule has 0 radical (unpaired) electrons. The molecule has 2 aromatic carbocycles. The number of hydrogen-bond acceptors (Lipinski definition) is 8. The molecule has 1 aliphatic rings. The molecule has 1 saturated heterocycles. The number of carbonyl (C=O) groups excluding carboxylic acids is 1. The number of carbonyl (C=O) groups is 2. The first-order valence-electron chi connectivity index (χ1n) is 15.0. The van der Waals surface area contributed by atoms with Crippen LogP contribution in [0.25, 0.3) is 33.6 Å². The van der Waals surface area contributed by atoms with E-state index in [0.29, 0.717) is 69.5 Å². The van der Waals surface area contributed by atoms with E-state index in [1.54, 1.807) is 13.3 Å². The van der Waals surface area contributed by atoms with Gasteiger partial charge in [-0.2, -0.15) is 0 Å². The quantitative estimate of drug-likeness (QED) is 0.132. The van der Waals surface area contributed by atoms with E-state index < -0.39 is 5.97 Å². The minimum atomic E-state index is -0.880. The second kappa shape index (κ2) is 15.4. The molecule has 1 aliphatic heterocycles. The van der Waals surface area contributed by atoms with Crippen molar-refractivity contribution in [3.8, 4) is 45.4 Å². The summed E-state index contributed by atoms with van der Waals surface area (Å²) in [7, 11) is 3.11. The average molecular weight is 665 g/mol. The van der Waals surface area contributed by atoms with E-state index in [1.165, 1.54) is 7.11 Å². The number of pyridine rings is 1. The zero-order valence-electron chi connectivity index (χ0n) is 25.6. The van der Waals surface area contributed by atoms with E-state index in [1.807, 2.05) is 48.5 Å². The minimum absolute atomic E-state index is 0.00180. The average Bonchev–Trinajstić information content (AvgIpc) is 3.48. The molecule has 240 valence electrons. The number of nitrogens with zero attached hydrogens (tertiary/aromatic N) is 3. The van der Waals surface area contributed by atoms with Crippen molar-refractivity contribution in [2.45, 2.75) is 51.1 Å². The van der Waals surface area contributed by atoms with Gasteiger partial charge in [-0.05, 0) is 31.7 Å². The summed E-state index contributed by atoms with van der Waals surface area (Å²) in [5, 5.41) is 15.9. The summed E-state index contributed by atoms with van der Waals surface area (Å²) in [6, 6.07) is 15.5. The topological polar surface area (TPSA) is 136 Å². The number of carboxylic acid groups (broad SMARTS) is 1. The Bertz CT molecular complexity index is 1730. The molecule has 1 amide bonds. The summed E-state index contributed by atoms with van der Waals surface area (Å²) >= 11 is 14.0. The highest BCUT2D eigenvalue weighted by Gasteiger charge is 2.21. The number of ether oxygens (including phenoxy) is 2. The lowest BCUT2D eigenvalue weighted by molar-refractivity contribution is -0.136. The van der Waals surface area contributed by atoms with Gasteiger partial charge in [0.2, 0.25) is 17.7 Å². The summed E-state index contributed by atoms with van der Waals surface area (Å²) in [6.45, 7) is 0.601. The Kier molecular flexibility index (Phi) is 11.1. The number of aryl methyl sites for hydroxylation is 1. The van der Waals surface area contributed by atoms with Gasteiger partial charge in [0.25, 0.3) is 0 Å². The number of aromatic nitrogens is 3. The van der Waals surface area contributed by atoms with Crippen LogP contribution in [0.3, 0.4) is 0 Å². The predicted octanol–water partition coefficient (Wildman–Crippen LogP) is 6.36. The first kappa shape index (κ1) is 33.1. The first-order valence-corrected chi connectivity index (χ1v) is 15.8. The zero-order valence-corrected chi connectivity index (χ0v) is 27.1. The van der Waals surface area contributed by atoms with Crippen LogP contribution in [-0.2, 0) is 22.6 Å². The molecular weight excluding hydrogens is 629 g/mol. The van der Waals surface area contributed by atoms with Crippen molar-refractivity contribution in [3.63, 3.8) is 0 Å². The van der Waals surface area contributed by atoms with Gasteiger partial charge in [0.05, 0.1) is 48.3 Å². The number of aliphatic carboxylic acids is 1. The molecule has 3 heterocycles. The number of carboxylic acids is 1. The van der Waals surface area contributed by atoms with Gasteiger partial charge in [-0.15, -0.1) is 0 Å². The summed E-state index contributed by atoms with van der Waals surface area (Å²) in [6.07, 6.45) is 5.72. The van der Waals surface area contributed by atoms with Crippen molar-refractivity contribution in [2.75, 3.05) is 20.8 Å². The van der Waals surface area contributed by atoms with Crippen LogP contribution in [0.2, 0.25) is 10.0 Å². The van der Waals surface area contributed by atoms with Crippen LogP contribution in [0, 0.1) is 0 Å². The molecule has 5 rings (SSSR count). The highest BCUT2D eigenvalue weighted by molar-refractivity contribution is 6.39. The maximum absolute atomic E-state index is 11.5. The van der Waals surface area contributed by atoms with Gasteiger partial charge in [0.15, 0.2) is 0 Å². The van der Waals surface area contributed by atoms with Gasteiger partial charge in [0.1, 0.15) is 5.69 Å². The fourth-order valence-electron chi connectivity index (χ4n) is 5.51. The Morgan fingerprint density at radius 3 is 2.24 bits per heavy atom. The Hall–Kier alpha value is -4.25. The molecule has 0 aliphatic carbocycles. The molecule has 1 fully saturated rings. The number of hydrogen-bond donors (Lipinski definition) is 3. The third-order valence-corrected chi connectivity index (χ3v) is 8.68. The molecule has 0 unspecified atom stereocenters. The normalized spacial score (nSPS) is 14.3. The summed E-state index contributed by atoms with van der Waals surface area (Å²) in [5.74, 6) is 0.108. The van der Waals surface area contributed by atoms with Crippen LogP contribution in [0.15, 0.2) is 54.7 Å². The van der Waals surface area contributed by atoms with Crippen molar-refractivity contribution in [2.24, 2.45) is 0 Å². The maximum Gasteiger partial charge on any atom is 0.304 e. The van der Waals surface area contributed by atoms with E-state index in [9.17, 15) is 9.59 Å². The Morgan fingerprint density at radius 2 is 1.61 bits per heavy atom. The molecule has 4 aromatic rings. The van der Waals surface area contributed by atoms with Gasteiger partial charge in [-0.3, -0.25) is 14.6 Å². The molecule has 46 heavy (non-hydrogen) atoms. The molecule has 2 aromatic heterocycles. The minimum Gasteiger partial charge on any atom is -0.481 e. The highest BCUT2D eigenvalue weighted by Crippen LogP contribution is 2.42. The van der Waals surface area contributed by atoms with Crippen LogP contribution in [-0.4, -0.2) is 58.7 Å². The number of methoxy groups -OCH3 is 2. The first-order chi connectivity index (χ1) is 22.3. The van der Waals surface area contributed by atoms with E-state index >= 15 is 0 Å². The number of nitrogens with one attached hydrogen (secondary N) is 2. The molecule has 0 saturated carbocycles. The second-order valence-corrected chi connectivity index (χ2v) is 11.7. The summed E-state index contributed by atoms with van der Waals surface area (Å²) < 4.78 is 11.1. The molecule has 0 spiro atoms. The number of benzene rings is 2. The third kappa shape index (κ3) is 7.75. The van der Waals surface area contributed by atoms with Crippen molar-refractivity contribution < 1.29 is 24.2 Å². The van der Waals surface area contributed by atoms with Crippen LogP contribution < -0.4 is 20.1 Å². The monoisotopic (exact) mass is 663 g/mol. The Labute approximate surface area is 277 Å². The Morgan fingerprint density at radius 1 is 0.957 bits per heavy atom. The lowest BCUT2D eigenvalue weighted by Crippen LogP contribution is -2.25. The Balaban J connectivity index is 1.37. The molecule has 3 N–H and O–H groups in total. The van der Waals surface area contributed by atoms with Crippen molar-refractivity contribution in [3.05, 3.63) is 76.0 Å². The van der Waals surface area contributed by atoms with Crippen molar-refractivity contribution in [1.82, 2.24) is 25.6 Å². The van der Waals surface area contributed by atoms with Gasteiger partial charge in [0, 0.05) is 53.4 Å². The SMILES string of the molecule is COc1nc(-c2cccc(-c3cccc(-c4cnc(CNCCC(=O)O)c(OC)n4)c3Cl)c2Cl)ccc1CCC[C@@H]1CCC(=O)N1. The molecule has 1 atom stereocenters. The van der Waals surface area contributed by atoms with Gasteiger partial charge in [-0.1, -0.05) is 65.7 Å². The highest BCUT2D eigenvalue weighted by atomic mass is 35.5. The fraction of sp³-hybridized carbons (Fsp3) is 0.324. The molecule has 10 nitrogen and oxygen atoms in total. The van der Waals surface area contributed by atoms with Crippen LogP contribution in [0.1, 0.15) is 43.4 Å². The van der Waals surface area contributed by atoms with Crippen LogP contribution in [0.4, 0.5) is 0 Å². The van der Waals surface area contributed by atoms with Gasteiger partial charge < -0.3 is 25.2 Å². The lowest BCUT2D eigenvalue weighted by atomic mass is 9.98. The fourth-order valence-corrected chi connectivity index (χ4v) is 6.16. The van der Waals surface area contributed by atoms with Crippen molar-refractivity contribution >= 4 is 35.1 Å². The predicted molar refractivity (Wildman–Crippen MR) is 177 cm³/mol. The third-order valence-electron chi connectivity index (χ3n) is 7.87. The molecule has 12 heteroatoms. The van der Waals surface area contributed by atoms with E-state index in [4.69, 9.17) is 42.8 Å². The smallest absolute Gasteiger partial charge is 0.304 e. The second-order valence-electron chi connectivity index (χ2n) is 10.9. The number of halogens is 2. The number of rotatable bonds is 14. The molecular formula is C34H35Cl2N5O5. The van der Waals surface area contributed by atoms with E-state index in [2.05, 4.69) is 20.6 Å². The largest absolute Gasteiger partial charge is 0.481 e. The number of amides is 1. The van der Waals surface area contributed by atoms with Gasteiger partial charge in [-0.25, -0.2) is 9.97 Å². The van der Waals surface area contributed by atoms with Crippen molar-refractivity contribution in [1.29, 1.82) is 0 Å². The zero-order chi connectivity index (χ0) is 32.6. The van der Waals surface area contributed by atoms with Crippen LogP contribution >= 0.6 is 23.2 Å². The van der Waals surface area contributed by atoms with E-state index in [0.717, 1.165) is 42.4 Å². The van der Waals surface area contributed by atoms with E-state index in [-0.39, 0.29) is 18.4 Å². The maximum atomic E-state index is 11.5. The lowest BCUT2D eigenvalue weighted by Gasteiger charge is -2.15. The summed E-state index contributed by atoms with van der Waals surface area (Å²) in [5.41, 5.74) is 5.57. The standard InChI is InChI=1S/C34H35Cl2N5O5/c1-45-33-20(6-3-7-21-13-15-29(42)39-21)12-14-26(40-33)24-10-4-8-22(31(24)35)23-9-5-11-25(32(23)36)27-19-38-28(34(41-27)46-2)18-37-17-16-30(43)44/h4-5,8-12,14,19,21,37H,3,6-7,13,15-18H2,1-2H3,(H,39,42)(H,43,44)/t21-/m1/s1. The molecule has 0 bridgehead atoms. The van der Waals surface area contributed by atoms with Crippen LogP contribution in [0.5, 0.6) is 11.8 Å².